The number of imidazole rings is 1. The zero-order valence-electron chi connectivity index (χ0n) is 16.2. The first-order valence-electron chi connectivity index (χ1n) is 9.56. The topological polar surface area (TPSA) is 76.7 Å². The first kappa shape index (κ1) is 17.9. The van der Waals surface area contributed by atoms with Crippen molar-refractivity contribution < 1.29 is 4.52 Å². The molecule has 0 spiro atoms. The molecule has 30 heavy (non-hydrogen) atoms. The number of H-pyrrole nitrogens is 1. The van der Waals surface area contributed by atoms with Gasteiger partial charge in [0, 0.05) is 23.5 Å². The van der Waals surface area contributed by atoms with Gasteiger partial charge in [-0.05, 0) is 41.5 Å². The smallest absolute Gasteiger partial charge is 0.330 e. The van der Waals surface area contributed by atoms with Crippen molar-refractivity contribution >= 4 is 22.9 Å². The zero-order chi connectivity index (χ0) is 20.5. The number of nitrogens with zero attached hydrogens (tertiary/aromatic N) is 3. The lowest BCUT2D eigenvalue weighted by molar-refractivity contribution is 0.411. The number of aryl methyl sites for hydroxylation is 1. The fourth-order valence-corrected chi connectivity index (χ4v) is 3.54. The van der Waals surface area contributed by atoms with Gasteiger partial charge in [-0.15, -0.1) is 0 Å². The maximum absolute atomic E-state index is 12.1. The molecule has 0 aliphatic rings. The van der Waals surface area contributed by atoms with Gasteiger partial charge >= 0.3 is 5.69 Å². The maximum Gasteiger partial charge on any atom is 0.330 e. The van der Waals surface area contributed by atoms with E-state index < -0.39 is 0 Å². The summed E-state index contributed by atoms with van der Waals surface area (Å²) in [6, 6.07) is 21.9. The first-order chi connectivity index (χ1) is 14.7. The SMILES string of the molecule is Cc1c[nH]c(=O)n1-c1cccc(-c2noc(C=Cc3cccc4ccccc34)n2)c1. The van der Waals surface area contributed by atoms with E-state index in [9.17, 15) is 4.79 Å². The van der Waals surface area contributed by atoms with Crippen LogP contribution >= 0.6 is 0 Å². The Balaban J connectivity index is 1.46. The molecular weight excluding hydrogens is 376 g/mol. The zero-order valence-corrected chi connectivity index (χ0v) is 16.2. The molecule has 6 heteroatoms. The van der Waals surface area contributed by atoms with Crippen molar-refractivity contribution in [3.05, 3.63) is 101 Å². The van der Waals surface area contributed by atoms with Gasteiger partial charge in [0.15, 0.2) is 0 Å². The van der Waals surface area contributed by atoms with Gasteiger partial charge in [0.05, 0.1) is 5.69 Å². The van der Waals surface area contributed by atoms with Gasteiger partial charge in [-0.25, -0.2) is 4.79 Å². The number of fused-ring (bicyclic) bond motifs is 1. The fraction of sp³-hybridized carbons (Fsp3) is 0.0417. The van der Waals surface area contributed by atoms with E-state index in [0.29, 0.717) is 11.7 Å². The minimum absolute atomic E-state index is 0.184. The molecule has 6 nitrogen and oxygen atoms in total. The van der Waals surface area contributed by atoms with Gasteiger partial charge in [-0.2, -0.15) is 4.98 Å². The lowest BCUT2D eigenvalue weighted by Crippen LogP contribution is -2.15. The highest BCUT2D eigenvalue weighted by molar-refractivity contribution is 5.92. The molecule has 0 saturated heterocycles. The molecule has 1 N–H and O–H groups in total. The van der Waals surface area contributed by atoms with Crippen molar-refractivity contribution in [2.24, 2.45) is 0 Å². The number of aromatic nitrogens is 4. The summed E-state index contributed by atoms with van der Waals surface area (Å²) in [7, 11) is 0. The van der Waals surface area contributed by atoms with Gasteiger partial charge in [0.25, 0.3) is 5.89 Å². The lowest BCUT2D eigenvalue weighted by Gasteiger charge is -2.05. The molecule has 2 heterocycles. The Bertz CT molecular complexity index is 1430. The van der Waals surface area contributed by atoms with Crippen LogP contribution in [0.2, 0.25) is 0 Å². The summed E-state index contributed by atoms with van der Waals surface area (Å²) in [5, 5.41) is 6.44. The van der Waals surface area contributed by atoms with Crippen LogP contribution in [0.5, 0.6) is 0 Å². The number of rotatable bonds is 4. The summed E-state index contributed by atoms with van der Waals surface area (Å²) in [5.74, 6) is 0.883. The van der Waals surface area contributed by atoms with Crippen LogP contribution in [0.15, 0.2) is 82.2 Å². The molecule has 5 aromatic rings. The third-order valence-corrected chi connectivity index (χ3v) is 4.99. The Morgan fingerprint density at radius 2 is 1.83 bits per heavy atom. The predicted molar refractivity (Wildman–Crippen MR) is 117 cm³/mol. The largest absolute Gasteiger partial charge is 0.334 e. The normalized spacial score (nSPS) is 11.5. The van der Waals surface area contributed by atoms with Crippen molar-refractivity contribution in [3.63, 3.8) is 0 Å². The molecule has 0 atom stereocenters. The van der Waals surface area contributed by atoms with Crippen LogP contribution in [0, 0.1) is 6.92 Å². The summed E-state index contributed by atoms with van der Waals surface area (Å²) in [4.78, 5) is 19.2. The number of hydrogen-bond acceptors (Lipinski definition) is 4. The Morgan fingerprint density at radius 1 is 1.00 bits per heavy atom. The number of nitrogens with one attached hydrogen (secondary N) is 1. The van der Waals surface area contributed by atoms with Gasteiger partial charge in [-0.1, -0.05) is 59.8 Å². The Morgan fingerprint density at radius 3 is 2.70 bits per heavy atom. The number of benzene rings is 3. The van der Waals surface area contributed by atoms with E-state index in [1.165, 1.54) is 5.39 Å². The maximum atomic E-state index is 12.1. The van der Waals surface area contributed by atoms with E-state index in [-0.39, 0.29) is 5.69 Å². The molecule has 5 rings (SSSR count). The van der Waals surface area contributed by atoms with Crippen molar-refractivity contribution in [3.8, 4) is 17.1 Å². The van der Waals surface area contributed by atoms with Gasteiger partial charge < -0.3 is 9.51 Å². The molecule has 146 valence electrons. The average molecular weight is 394 g/mol. The second-order valence-electron chi connectivity index (χ2n) is 6.98. The van der Waals surface area contributed by atoms with Gasteiger partial charge in [0.2, 0.25) is 5.82 Å². The van der Waals surface area contributed by atoms with Gasteiger partial charge in [0.1, 0.15) is 0 Å². The summed E-state index contributed by atoms with van der Waals surface area (Å²) in [6.07, 6.45) is 5.46. The average Bonchev–Trinajstić information content (AvgIpc) is 3.38. The molecule has 2 aromatic heterocycles. The monoisotopic (exact) mass is 394 g/mol. The molecule has 0 saturated carbocycles. The van der Waals surface area contributed by atoms with Crippen molar-refractivity contribution in [1.29, 1.82) is 0 Å². The number of hydrogen-bond donors (Lipinski definition) is 1. The molecule has 0 unspecified atom stereocenters. The second kappa shape index (κ2) is 7.33. The van der Waals surface area contributed by atoms with E-state index in [1.807, 2.05) is 61.5 Å². The first-order valence-corrected chi connectivity index (χ1v) is 9.56. The molecule has 0 radical (unpaired) electrons. The van der Waals surface area contributed by atoms with E-state index in [2.05, 4.69) is 39.4 Å². The summed E-state index contributed by atoms with van der Waals surface area (Å²) < 4.78 is 7.01. The third kappa shape index (κ3) is 3.24. The molecule has 3 aromatic carbocycles. The highest BCUT2D eigenvalue weighted by atomic mass is 16.5. The second-order valence-corrected chi connectivity index (χ2v) is 6.98. The lowest BCUT2D eigenvalue weighted by atomic mass is 10.0. The van der Waals surface area contributed by atoms with E-state index in [0.717, 1.165) is 27.9 Å². The van der Waals surface area contributed by atoms with E-state index >= 15 is 0 Å². The predicted octanol–water partition coefficient (Wildman–Crippen LogP) is 4.85. The summed E-state index contributed by atoms with van der Waals surface area (Å²) in [6.45, 7) is 1.87. The quantitative estimate of drug-likeness (QED) is 0.473. The highest BCUT2D eigenvalue weighted by Gasteiger charge is 2.10. The summed E-state index contributed by atoms with van der Waals surface area (Å²) in [5.41, 5.74) is 3.24. The minimum atomic E-state index is -0.184. The van der Waals surface area contributed by atoms with Gasteiger partial charge in [-0.3, -0.25) is 4.57 Å². The Labute approximate surface area is 172 Å². The number of aromatic amines is 1. The highest BCUT2D eigenvalue weighted by Crippen LogP contribution is 2.22. The van der Waals surface area contributed by atoms with Crippen LogP contribution in [0.1, 0.15) is 17.1 Å². The molecule has 0 aliphatic heterocycles. The Hall–Kier alpha value is -4.19. The van der Waals surface area contributed by atoms with Crippen LogP contribution in [-0.2, 0) is 0 Å². The van der Waals surface area contributed by atoms with Crippen LogP contribution < -0.4 is 5.69 Å². The molecule has 0 amide bonds. The van der Waals surface area contributed by atoms with Crippen LogP contribution in [0.3, 0.4) is 0 Å². The standard InChI is InChI=1S/C24H18N4O2/c1-16-15-25-24(29)28(16)20-10-5-9-19(14-20)23-26-22(30-27-23)13-12-18-8-4-7-17-6-2-3-11-21(17)18/h2-15H,1H3,(H,25,29). The minimum Gasteiger partial charge on any atom is -0.334 e. The van der Waals surface area contributed by atoms with E-state index in [4.69, 9.17) is 4.52 Å². The van der Waals surface area contributed by atoms with Crippen molar-refractivity contribution in [2.45, 2.75) is 6.92 Å². The van der Waals surface area contributed by atoms with Crippen LogP contribution in [0.4, 0.5) is 0 Å². The molecule has 0 aliphatic carbocycles. The fourth-order valence-electron chi connectivity index (χ4n) is 3.54. The van der Waals surface area contributed by atoms with Crippen LogP contribution in [-0.4, -0.2) is 19.7 Å². The molecule has 0 bridgehead atoms. The van der Waals surface area contributed by atoms with Crippen molar-refractivity contribution in [1.82, 2.24) is 19.7 Å². The molecular formula is C24H18N4O2. The van der Waals surface area contributed by atoms with Crippen LogP contribution in [0.25, 0.3) is 40.0 Å². The summed E-state index contributed by atoms with van der Waals surface area (Å²) >= 11 is 0. The third-order valence-electron chi connectivity index (χ3n) is 4.99. The van der Waals surface area contributed by atoms with E-state index in [1.54, 1.807) is 10.8 Å². The van der Waals surface area contributed by atoms with Crippen molar-refractivity contribution in [2.75, 3.05) is 0 Å². The Kier molecular flexibility index (Phi) is 4.37. The molecule has 0 fully saturated rings.